The number of nitrogens with zero attached hydrogens (tertiary/aromatic N) is 8. The Kier molecular flexibility index (Phi) is 4.14. The first-order valence-corrected chi connectivity index (χ1v) is 10.7. The third kappa shape index (κ3) is 2.83. The number of aryl methyl sites for hydroxylation is 2. The van der Waals surface area contributed by atoms with E-state index in [1.54, 1.807) is 17.2 Å². The lowest BCUT2D eigenvalue weighted by Gasteiger charge is -2.33. The second kappa shape index (κ2) is 7.04. The molecule has 0 spiro atoms. The molecule has 1 saturated heterocycles. The van der Waals surface area contributed by atoms with Gasteiger partial charge in [-0.3, -0.25) is 9.25 Å². The van der Waals surface area contributed by atoms with Crippen LogP contribution in [-0.2, 0) is 14.1 Å². The van der Waals surface area contributed by atoms with Gasteiger partial charge in [0.25, 0.3) is 0 Å². The van der Waals surface area contributed by atoms with Crippen LogP contribution in [0.25, 0.3) is 33.6 Å². The third-order valence-electron chi connectivity index (χ3n) is 6.35. The van der Waals surface area contributed by atoms with Gasteiger partial charge in [0.1, 0.15) is 12.2 Å². The van der Waals surface area contributed by atoms with Gasteiger partial charge < -0.3 is 14.5 Å². The molecule has 1 fully saturated rings. The molecule has 10 nitrogen and oxygen atoms in total. The number of hydrogen-bond acceptors (Lipinski definition) is 6. The van der Waals surface area contributed by atoms with E-state index in [1.807, 2.05) is 53.7 Å². The van der Waals surface area contributed by atoms with Crippen LogP contribution < -0.4 is 10.6 Å². The Labute approximate surface area is 183 Å². The van der Waals surface area contributed by atoms with Crippen LogP contribution in [0.5, 0.6) is 0 Å². The number of hydrogen-bond donors (Lipinski definition) is 1. The predicted octanol–water partition coefficient (Wildman–Crippen LogP) is 2.25. The van der Waals surface area contributed by atoms with E-state index in [1.165, 1.54) is 0 Å². The maximum Gasteiger partial charge on any atom is 0.326 e. The number of aromatic nitrogens is 8. The molecule has 0 radical (unpaired) electrons. The van der Waals surface area contributed by atoms with Crippen molar-refractivity contribution in [3.63, 3.8) is 0 Å². The maximum absolute atomic E-state index is 12.6. The average Bonchev–Trinajstić information content (AvgIpc) is 3.48. The summed E-state index contributed by atoms with van der Waals surface area (Å²) in [4.78, 5) is 31.8. The van der Waals surface area contributed by atoms with Crippen LogP contribution in [0.3, 0.4) is 0 Å². The van der Waals surface area contributed by atoms with Crippen molar-refractivity contribution in [3.8, 4) is 11.4 Å². The molecular weight excluding hydrogens is 406 g/mol. The van der Waals surface area contributed by atoms with E-state index in [2.05, 4.69) is 25.0 Å². The van der Waals surface area contributed by atoms with Gasteiger partial charge in [-0.2, -0.15) is 5.10 Å². The molecule has 1 aromatic carbocycles. The molecule has 1 N–H and O–H groups in total. The highest BCUT2D eigenvalue weighted by atomic mass is 16.1. The van der Waals surface area contributed by atoms with Gasteiger partial charge in [0.2, 0.25) is 0 Å². The summed E-state index contributed by atoms with van der Waals surface area (Å²) in [7, 11) is 3.85. The van der Waals surface area contributed by atoms with Crippen LogP contribution in [0.4, 0.5) is 5.82 Å². The fourth-order valence-electron chi connectivity index (χ4n) is 4.79. The fourth-order valence-corrected chi connectivity index (χ4v) is 4.79. The van der Waals surface area contributed by atoms with E-state index < -0.39 is 0 Å². The summed E-state index contributed by atoms with van der Waals surface area (Å²) in [6.45, 7) is 1.59. The largest absolute Gasteiger partial charge is 0.355 e. The summed E-state index contributed by atoms with van der Waals surface area (Å²) in [5.41, 5.74) is 4.33. The molecule has 5 aromatic rings. The minimum Gasteiger partial charge on any atom is -0.355 e. The van der Waals surface area contributed by atoms with E-state index >= 15 is 0 Å². The first kappa shape index (κ1) is 18.8. The standard InChI is InChI=1S/C22H23N9O/c1-28-12-14(11-25-28)19-27-18-20(29(19)2)23-13-24-21(18)30-9-7-15(8-10-30)31-17-6-4-3-5-16(17)26-22(31)32/h3-6,11-13,15H,7-10H2,1-2H3,(H,26,32). The zero-order valence-corrected chi connectivity index (χ0v) is 17.9. The summed E-state index contributed by atoms with van der Waals surface area (Å²) in [6.07, 6.45) is 7.06. The molecule has 5 heterocycles. The normalized spacial score (nSPS) is 15.2. The van der Waals surface area contributed by atoms with Crippen molar-refractivity contribution in [3.05, 3.63) is 53.5 Å². The topological polar surface area (TPSA) is 102 Å². The van der Waals surface area contributed by atoms with E-state index in [0.29, 0.717) is 0 Å². The number of anilines is 1. The minimum atomic E-state index is -0.0417. The Bertz CT molecular complexity index is 1500. The number of nitrogens with one attached hydrogen (secondary N) is 1. The van der Waals surface area contributed by atoms with Gasteiger partial charge in [0, 0.05) is 39.4 Å². The van der Waals surface area contributed by atoms with Gasteiger partial charge in [-0.15, -0.1) is 0 Å². The Balaban J connectivity index is 1.32. The number of benzene rings is 1. The van der Waals surface area contributed by atoms with Crippen molar-refractivity contribution in [2.75, 3.05) is 18.0 Å². The van der Waals surface area contributed by atoms with Crippen molar-refractivity contribution >= 4 is 28.0 Å². The lowest BCUT2D eigenvalue weighted by atomic mass is 10.0. The van der Waals surface area contributed by atoms with Crippen LogP contribution in [0.1, 0.15) is 18.9 Å². The summed E-state index contributed by atoms with van der Waals surface area (Å²) in [5, 5.41) is 4.26. The molecule has 0 bridgehead atoms. The number of H-pyrrole nitrogens is 1. The van der Waals surface area contributed by atoms with Crippen molar-refractivity contribution in [2.24, 2.45) is 14.1 Å². The summed E-state index contributed by atoms with van der Waals surface area (Å²) < 4.78 is 5.65. The van der Waals surface area contributed by atoms with E-state index in [4.69, 9.17) is 4.98 Å². The predicted molar refractivity (Wildman–Crippen MR) is 122 cm³/mol. The molecule has 0 atom stereocenters. The third-order valence-corrected chi connectivity index (χ3v) is 6.35. The van der Waals surface area contributed by atoms with Crippen LogP contribution in [0.2, 0.25) is 0 Å². The van der Waals surface area contributed by atoms with Crippen molar-refractivity contribution < 1.29 is 0 Å². The Hall–Kier alpha value is -3.95. The molecule has 0 saturated carbocycles. The molecule has 32 heavy (non-hydrogen) atoms. The van der Waals surface area contributed by atoms with Crippen LogP contribution in [-0.4, -0.2) is 51.9 Å². The van der Waals surface area contributed by atoms with Gasteiger partial charge >= 0.3 is 5.69 Å². The number of fused-ring (bicyclic) bond motifs is 2. The number of aromatic amines is 1. The number of rotatable bonds is 3. The Morgan fingerprint density at radius 2 is 1.91 bits per heavy atom. The van der Waals surface area contributed by atoms with Gasteiger partial charge in [-0.05, 0) is 25.0 Å². The van der Waals surface area contributed by atoms with E-state index in [0.717, 1.165) is 65.3 Å². The number of para-hydroxylation sites is 2. The molecule has 4 aromatic heterocycles. The highest BCUT2D eigenvalue weighted by Crippen LogP contribution is 2.31. The second-order valence-electron chi connectivity index (χ2n) is 8.30. The smallest absolute Gasteiger partial charge is 0.326 e. The number of piperidine rings is 1. The second-order valence-corrected chi connectivity index (χ2v) is 8.30. The molecule has 1 aliphatic heterocycles. The highest BCUT2D eigenvalue weighted by molar-refractivity contribution is 5.86. The molecule has 0 amide bonds. The number of imidazole rings is 2. The van der Waals surface area contributed by atoms with Crippen LogP contribution in [0, 0.1) is 0 Å². The zero-order chi connectivity index (χ0) is 21.8. The van der Waals surface area contributed by atoms with Gasteiger partial charge in [-0.25, -0.2) is 19.7 Å². The minimum absolute atomic E-state index is 0.0417. The van der Waals surface area contributed by atoms with E-state index in [-0.39, 0.29) is 11.7 Å². The molecule has 10 heteroatoms. The SMILES string of the molecule is Cn1cc(-c2nc3c(N4CCC(n5c(=O)[nH]c6ccccc65)CC4)ncnc3n2C)cn1. The van der Waals surface area contributed by atoms with Crippen LogP contribution in [0.15, 0.2) is 47.8 Å². The quantitative estimate of drug-likeness (QED) is 0.472. The summed E-state index contributed by atoms with van der Waals surface area (Å²) in [6, 6.07) is 8.02. The average molecular weight is 429 g/mol. The Morgan fingerprint density at radius 3 is 2.69 bits per heavy atom. The van der Waals surface area contributed by atoms with Crippen molar-refractivity contribution in [2.45, 2.75) is 18.9 Å². The van der Waals surface area contributed by atoms with E-state index in [9.17, 15) is 4.79 Å². The molecule has 6 rings (SSSR count). The molecule has 0 aliphatic carbocycles. The van der Waals surface area contributed by atoms with Gasteiger partial charge in [0.05, 0.1) is 22.8 Å². The van der Waals surface area contributed by atoms with Crippen molar-refractivity contribution in [1.82, 2.24) is 38.9 Å². The summed E-state index contributed by atoms with van der Waals surface area (Å²) >= 11 is 0. The van der Waals surface area contributed by atoms with Gasteiger partial charge in [-0.1, -0.05) is 12.1 Å². The lowest BCUT2D eigenvalue weighted by Crippen LogP contribution is -2.37. The maximum atomic E-state index is 12.6. The van der Waals surface area contributed by atoms with Crippen LogP contribution >= 0.6 is 0 Å². The summed E-state index contributed by atoms with van der Waals surface area (Å²) in [5.74, 6) is 1.65. The lowest BCUT2D eigenvalue weighted by molar-refractivity contribution is 0.395. The molecule has 162 valence electrons. The molecule has 1 aliphatic rings. The fraction of sp³-hybridized carbons (Fsp3) is 0.318. The highest BCUT2D eigenvalue weighted by Gasteiger charge is 2.26. The molecule has 0 unspecified atom stereocenters. The van der Waals surface area contributed by atoms with Gasteiger partial charge in [0.15, 0.2) is 17.0 Å². The first-order chi connectivity index (χ1) is 15.6. The zero-order valence-electron chi connectivity index (χ0n) is 17.9. The Morgan fingerprint density at radius 1 is 1.09 bits per heavy atom. The molecular formula is C22H23N9O. The van der Waals surface area contributed by atoms with Crippen molar-refractivity contribution in [1.29, 1.82) is 0 Å². The first-order valence-electron chi connectivity index (χ1n) is 10.7. The monoisotopic (exact) mass is 429 g/mol.